The van der Waals surface area contributed by atoms with Gasteiger partial charge in [-0.25, -0.2) is 0 Å². The van der Waals surface area contributed by atoms with Gasteiger partial charge in [0.1, 0.15) is 0 Å². The van der Waals surface area contributed by atoms with Gasteiger partial charge in [-0.1, -0.05) is 6.92 Å². The van der Waals surface area contributed by atoms with Crippen LogP contribution in [0.25, 0.3) is 0 Å². The van der Waals surface area contributed by atoms with Crippen molar-refractivity contribution in [2.24, 2.45) is 5.92 Å². The number of rotatable bonds is 6. The minimum atomic E-state index is -0.440. The predicted molar refractivity (Wildman–Crippen MR) is 58.7 cm³/mol. The van der Waals surface area contributed by atoms with E-state index in [0.717, 1.165) is 13.0 Å². The molecule has 0 aromatic rings. The predicted octanol–water partition coefficient (Wildman–Crippen LogP) is 0.0865. The summed E-state index contributed by atoms with van der Waals surface area (Å²) in [5, 5.41) is 18.9. The first-order chi connectivity index (χ1) is 7.19. The Morgan fingerprint density at radius 2 is 2.27 bits per heavy atom. The van der Waals surface area contributed by atoms with E-state index in [-0.39, 0.29) is 12.6 Å². The van der Waals surface area contributed by atoms with Crippen molar-refractivity contribution < 1.29 is 14.9 Å². The molecule has 4 nitrogen and oxygen atoms in total. The van der Waals surface area contributed by atoms with Crippen LogP contribution < -0.4 is 0 Å². The number of hydrogen-bond acceptors (Lipinski definition) is 4. The van der Waals surface area contributed by atoms with Crippen LogP contribution in [0, 0.1) is 5.92 Å². The zero-order valence-electron chi connectivity index (χ0n) is 9.72. The molecule has 1 saturated heterocycles. The minimum absolute atomic E-state index is 0.183. The zero-order valence-corrected chi connectivity index (χ0v) is 9.72. The van der Waals surface area contributed by atoms with Crippen molar-refractivity contribution in [3.8, 4) is 0 Å². The van der Waals surface area contributed by atoms with Crippen LogP contribution in [-0.4, -0.2) is 60.2 Å². The van der Waals surface area contributed by atoms with Crippen LogP contribution in [0.2, 0.25) is 0 Å². The van der Waals surface area contributed by atoms with Crippen molar-refractivity contribution in [1.82, 2.24) is 4.90 Å². The van der Waals surface area contributed by atoms with E-state index in [1.807, 2.05) is 6.92 Å². The van der Waals surface area contributed by atoms with E-state index in [9.17, 15) is 10.2 Å². The molecular formula is C11H23NO3. The van der Waals surface area contributed by atoms with E-state index < -0.39 is 6.10 Å². The average molecular weight is 217 g/mol. The van der Waals surface area contributed by atoms with Crippen LogP contribution in [0.3, 0.4) is 0 Å². The van der Waals surface area contributed by atoms with Gasteiger partial charge in [0, 0.05) is 19.2 Å². The Morgan fingerprint density at radius 3 is 2.87 bits per heavy atom. The topological polar surface area (TPSA) is 52.9 Å². The van der Waals surface area contributed by atoms with Gasteiger partial charge in [0.25, 0.3) is 0 Å². The van der Waals surface area contributed by atoms with Crippen molar-refractivity contribution in [3.05, 3.63) is 0 Å². The van der Waals surface area contributed by atoms with Gasteiger partial charge in [-0.3, -0.25) is 4.90 Å². The maximum atomic E-state index is 9.69. The third-order valence-corrected chi connectivity index (χ3v) is 3.14. The Morgan fingerprint density at radius 1 is 1.53 bits per heavy atom. The Labute approximate surface area is 91.8 Å². The van der Waals surface area contributed by atoms with Gasteiger partial charge in [-0.2, -0.15) is 0 Å². The van der Waals surface area contributed by atoms with E-state index in [2.05, 4.69) is 11.8 Å². The first-order valence-corrected chi connectivity index (χ1v) is 5.79. The third kappa shape index (κ3) is 3.72. The number of hydrogen-bond donors (Lipinski definition) is 2. The molecule has 0 amide bonds. The highest BCUT2D eigenvalue weighted by molar-refractivity contribution is 4.85. The fourth-order valence-electron chi connectivity index (χ4n) is 2.19. The molecule has 1 heterocycles. The Hall–Kier alpha value is -0.160. The fourth-order valence-corrected chi connectivity index (χ4v) is 2.19. The molecule has 3 atom stereocenters. The van der Waals surface area contributed by atoms with Crippen LogP contribution in [0.5, 0.6) is 0 Å². The smallest absolute Gasteiger partial charge is 0.0900 e. The summed E-state index contributed by atoms with van der Waals surface area (Å²) >= 11 is 0. The van der Waals surface area contributed by atoms with Crippen molar-refractivity contribution >= 4 is 0 Å². The number of ether oxygens (including phenoxy) is 1. The van der Waals surface area contributed by atoms with Gasteiger partial charge in [0.05, 0.1) is 19.3 Å². The monoisotopic (exact) mass is 217 g/mol. The summed E-state index contributed by atoms with van der Waals surface area (Å²) in [6.45, 7) is 6.85. The van der Waals surface area contributed by atoms with Crippen molar-refractivity contribution in [2.75, 3.05) is 32.9 Å². The molecule has 0 aromatic heterocycles. The van der Waals surface area contributed by atoms with Crippen LogP contribution in [0.15, 0.2) is 0 Å². The molecule has 3 unspecified atom stereocenters. The van der Waals surface area contributed by atoms with Crippen molar-refractivity contribution in [3.63, 3.8) is 0 Å². The molecule has 0 aliphatic carbocycles. The van der Waals surface area contributed by atoms with Gasteiger partial charge in [0.2, 0.25) is 0 Å². The molecule has 1 aliphatic rings. The quantitative estimate of drug-likeness (QED) is 0.662. The van der Waals surface area contributed by atoms with Gasteiger partial charge in [0.15, 0.2) is 0 Å². The Kier molecular flexibility index (Phi) is 5.53. The molecule has 1 rings (SSSR count). The molecular weight excluding hydrogens is 194 g/mol. The molecule has 0 spiro atoms. The molecule has 1 aliphatic heterocycles. The van der Waals surface area contributed by atoms with Crippen LogP contribution in [0.1, 0.15) is 20.3 Å². The highest BCUT2D eigenvalue weighted by Crippen LogP contribution is 2.23. The summed E-state index contributed by atoms with van der Waals surface area (Å²) in [5.74, 6) is 0.522. The van der Waals surface area contributed by atoms with E-state index in [1.165, 1.54) is 0 Å². The molecule has 15 heavy (non-hydrogen) atoms. The number of aliphatic hydroxyl groups excluding tert-OH is 2. The molecule has 0 bridgehead atoms. The summed E-state index contributed by atoms with van der Waals surface area (Å²) in [6, 6.07) is 0.210. The standard InChI is InChI=1S/C11H23NO3/c1-3-15-8-10(14)6-12-5-4-9(2)11(12)7-13/h9-11,13-14H,3-8H2,1-2H3. The van der Waals surface area contributed by atoms with E-state index in [4.69, 9.17) is 4.74 Å². The van der Waals surface area contributed by atoms with Crippen molar-refractivity contribution in [1.29, 1.82) is 0 Å². The lowest BCUT2D eigenvalue weighted by Gasteiger charge is -2.27. The maximum absolute atomic E-state index is 9.69. The lowest BCUT2D eigenvalue weighted by Crippen LogP contribution is -2.41. The second-order valence-electron chi connectivity index (χ2n) is 4.32. The number of aliphatic hydroxyl groups is 2. The number of likely N-dealkylation sites (tertiary alicyclic amines) is 1. The first-order valence-electron chi connectivity index (χ1n) is 5.79. The minimum Gasteiger partial charge on any atom is -0.395 e. The van der Waals surface area contributed by atoms with E-state index >= 15 is 0 Å². The highest BCUT2D eigenvalue weighted by atomic mass is 16.5. The Bertz CT molecular complexity index is 177. The second-order valence-corrected chi connectivity index (χ2v) is 4.32. The maximum Gasteiger partial charge on any atom is 0.0900 e. The van der Waals surface area contributed by atoms with Crippen LogP contribution in [-0.2, 0) is 4.74 Å². The highest BCUT2D eigenvalue weighted by Gasteiger charge is 2.31. The summed E-state index contributed by atoms with van der Waals surface area (Å²) < 4.78 is 5.16. The molecule has 2 N–H and O–H groups in total. The molecule has 4 heteroatoms. The fraction of sp³-hybridized carbons (Fsp3) is 1.00. The SMILES string of the molecule is CCOCC(O)CN1CCC(C)C1CO. The molecule has 1 fully saturated rings. The lowest BCUT2D eigenvalue weighted by atomic mass is 10.0. The normalized spacial score (nSPS) is 29.6. The largest absolute Gasteiger partial charge is 0.395 e. The summed E-state index contributed by atoms with van der Waals surface area (Å²) in [6.07, 6.45) is 0.663. The van der Waals surface area contributed by atoms with E-state index in [1.54, 1.807) is 0 Å². The summed E-state index contributed by atoms with van der Waals surface area (Å²) in [5.41, 5.74) is 0. The van der Waals surface area contributed by atoms with E-state index in [0.29, 0.717) is 25.7 Å². The molecule has 0 radical (unpaired) electrons. The average Bonchev–Trinajstić information content (AvgIpc) is 2.56. The van der Waals surface area contributed by atoms with Crippen LogP contribution in [0.4, 0.5) is 0 Å². The van der Waals surface area contributed by atoms with Gasteiger partial charge >= 0.3 is 0 Å². The zero-order chi connectivity index (χ0) is 11.3. The molecule has 0 aromatic carbocycles. The van der Waals surface area contributed by atoms with Gasteiger partial charge in [-0.15, -0.1) is 0 Å². The lowest BCUT2D eigenvalue weighted by molar-refractivity contribution is 0.0116. The van der Waals surface area contributed by atoms with Crippen LogP contribution >= 0.6 is 0 Å². The number of nitrogens with zero attached hydrogens (tertiary/aromatic N) is 1. The summed E-state index contributed by atoms with van der Waals surface area (Å²) in [4.78, 5) is 2.16. The van der Waals surface area contributed by atoms with Gasteiger partial charge in [-0.05, 0) is 25.8 Å². The third-order valence-electron chi connectivity index (χ3n) is 3.14. The summed E-state index contributed by atoms with van der Waals surface area (Å²) in [7, 11) is 0. The molecule has 0 saturated carbocycles. The first kappa shape index (κ1) is 12.9. The Balaban J connectivity index is 2.30. The van der Waals surface area contributed by atoms with Gasteiger partial charge < -0.3 is 14.9 Å². The van der Waals surface area contributed by atoms with Crippen molar-refractivity contribution in [2.45, 2.75) is 32.4 Å². The second kappa shape index (κ2) is 6.43. The number of β-amino-alcohol motifs (C(OH)–C–C–N with tert-alkyl or cyclic N) is 1. The molecule has 90 valence electrons.